The highest BCUT2D eigenvalue weighted by molar-refractivity contribution is 5.90. The van der Waals surface area contributed by atoms with Gasteiger partial charge in [0.1, 0.15) is 0 Å². The molecule has 0 spiro atoms. The summed E-state index contributed by atoms with van der Waals surface area (Å²) in [5.74, 6) is -1.59. The Morgan fingerprint density at radius 2 is 1.92 bits per heavy atom. The van der Waals surface area contributed by atoms with Crippen molar-refractivity contribution in [3.05, 3.63) is 35.9 Å². The van der Waals surface area contributed by atoms with E-state index in [0.717, 1.165) is 19.3 Å². The topological polar surface area (TPSA) is 86.7 Å². The first kappa shape index (κ1) is 18.0. The van der Waals surface area contributed by atoms with Crippen molar-refractivity contribution in [3.8, 4) is 0 Å². The first-order valence-corrected chi connectivity index (χ1v) is 8.37. The fourth-order valence-corrected chi connectivity index (χ4v) is 3.07. The van der Waals surface area contributed by atoms with Gasteiger partial charge >= 0.3 is 5.97 Å². The summed E-state index contributed by atoms with van der Waals surface area (Å²) in [6, 6.07) is 8.66. The van der Waals surface area contributed by atoms with Crippen LogP contribution in [-0.2, 0) is 19.9 Å². The van der Waals surface area contributed by atoms with Crippen molar-refractivity contribution in [3.63, 3.8) is 0 Å². The molecule has 1 aliphatic heterocycles. The molecule has 6 heteroatoms. The average Bonchev–Trinajstić information content (AvgIpc) is 2.78. The summed E-state index contributed by atoms with van der Waals surface area (Å²) in [4.78, 5) is 37.9. The molecule has 2 rings (SSSR count). The van der Waals surface area contributed by atoms with E-state index in [2.05, 4.69) is 5.32 Å². The lowest BCUT2D eigenvalue weighted by molar-refractivity contribution is -0.149. The highest BCUT2D eigenvalue weighted by atomic mass is 16.4. The lowest BCUT2D eigenvalue weighted by atomic mass is 9.87. The maximum atomic E-state index is 12.5. The number of amides is 2. The van der Waals surface area contributed by atoms with E-state index in [1.807, 2.05) is 0 Å². The van der Waals surface area contributed by atoms with Crippen LogP contribution in [0.5, 0.6) is 0 Å². The Labute approximate surface area is 141 Å². The van der Waals surface area contributed by atoms with Crippen LogP contribution in [0, 0.1) is 0 Å². The number of hydrogen-bond donors (Lipinski definition) is 2. The molecule has 2 N–H and O–H groups in total. The van der Waals surface area contributed by atoms with Crippen LogP contribution in [0.25, 0.3) is 0 Å². The van der Waals surface area contributed by atoms with Gasteiger partial charge < -0.3 is 15.3 Å². The van der Waals surface area contributed by atoms with Gasteiger partial charge in [0.2, 0.25) is 11.8 Å². The second-order valence-electron chi connectivity index (χ2n) is 6.10. The number of carboxylic acid groups (broad SMARTS) is 1. The summed E-state index contributed by atoms with van der Waals surface area (Å²) in [5.41, 5.74) is -0.955. The third-order valence-electron chi connectivity index (χ3n) is 4.52. The van der Waals surface area contributed by atoms with E-state index in [4.69, 9.17) is 0 Å². The lowest BCUT2D eigenvalue weighted by Crippen LogP contribution is -2.54. The van der Waals surface area contributed by atoms with E-state index in [1.165, 1.54) is 4.90 Å². The van der Waals surface area contributed by atoms with Gasteiger partial charge in [-0.2, -0.15) is 0 Å². The zero-order chi connectivity index (χ0) is 17.6. The Hall–Kier alpha value is -2.37. The Balaban J connectivity index is 2.16. The standard InChI is InChI=1S/C18H24N2O4/c1-2-18(17(23)24,14-9-5-3-6-10-14)19-15(21)13-20-12-8-4-7-11-16(20)22/h3,5-6,9-10H,2,4,7-8,11-13H2,1H3,(H,19,21)(H,23,24). The molecular weight excluding hydrogens is 308 g/mol. The molecule has 0 bridgehead atoms. The quantitative estimate of drug-likeness (QED) is 0.833. The van der Waals surface area contributed by atoms with Crippen molar-refractivity contribution in [1.29, 1.82) is 0 Å². The molecule has 1 aromatic carbocycles. The maximum Gasteiger partial charge on any atom is 0.334 e. The molecule has 1 saturated heterocycles. The summed E-state index contributed by atoms with van der Waals surface area (Å²) < 4.78 is 0. The minimum absolute atomic E-state index is 0.0419. The van der Waals surface area contributed by atoms with Crippen molar-refractivity contribution in [1.82, 2.24) is 10.2 Å². The van der Waals surface area contributed by atoms with E-state index < -0.39 is 17.4 Å². The van der Waals surface area contributed by atoms with Crippen molar-refractivity contribution in [2.24, 2.45) is 0 Å². The maximum absolute atomic E-state index is 12.5. The number of likely N-dealkylation sites (tertiary alicyclic amines) is 1. The molecule has 130 valence electrons. The first-order valence-electron chi connectivity index (χ1n) is 8.37. The second-order valence-corrected chi connectivity index (χ2v) is 6.10. The molecule has 1 fully saturated rings. The van der Waals surface area contributed by atoms with E-state index in [1.54, 1.807) is 37.3 Å². The van der Waals surface area contributed by atoms with Crippen LogP contribution >= 0.6 is 0 Å². The zero-order valence-electron chi connectivity index (χ0n) is 14.0. The van der Waals surface area contributed by atoms with Crippen molar-refractivity contribution in [2.75, 3.05) is 13.1 Å². The Morgan fingerprint density at radius 1 is 1.21 bits per heavy atom. The highest BCUT2D eigenvalue weighted by Gasteiger charge is 2.40. The van der Waals surface area contributed by atoms with E-state index >= 15 is 0 Å². The molecule has 0 saturated carbocycles. The molecular formula is C18H24N2O4. The van der Waals surface area contributed by atoms with Crippen LogP contribution in [0.2, 0.25) is 0 Å². The van der Waals surface area contributed by atoms with Gasteiger partial charge in [-0.3, -0.25) is 9.59 Å². The molecule has 1 aliphatic rings. The normalized spacial score (nSPS) is 17.7. The number of benzene rings is 1. The minimum Gasteiger partial charge on any atom is -0.479 e. The number of carboxylic acids is 1. The van der Waals surface area contributed by atoms with Crippen LogP contribution in [0.1, 0.15) is 44.6 Å². The van der Waals surface area contributed by atoms with Gasteiger partial charge in [0, 0.05) is 13.0 Å². The van der Waals surface area contributed by atoms with Crippen LogP contribution in [0.15, 0.2) is 30.3 Å². The predicted octanol–water partition coefficient (Wildman–Crippen LogP) is 1.90. The molecule has 0 aliphatic carbocycles. The zero-order valence-corrected chi connectivity index (χ0v) is 14.0. The molecule has 1 aromatic rings. The van der Waals surface area contributed by atoms with Crippen molar-refractivity contribution in [2.45, 2.75) is 44.6 Å². The smallest absolute Gasteiger partial charge is 0.334 e. The van der Waals surface area contributed by atoms with Crippen LogP contribution in [-0.4, -0.2) is 40.9 Å². The van der Waals surface area contributed by atoms with Gasteiger partial charge in [0.25, 0.3) is 0 Å². The fraction of sp³-hybridized carbons (Fsp3) is 0.500. The average molecular weight is 332 g/mol. The third kappa shape index (κ3) is 3.93. The van der Waals surface area contributed by atoms with Gasteiger partial charge in [-0.15, -0.1) is 0 Å². The van der Waals surface area contributed by atoms with Gasteiger partial charge in [-0.25, -0.2) is 4.79 Å². The largest absolute Gasteiger partial charge is 0.479 e. The van der Waals surface area contributed by atoms with Crippen LogP contribution in [0.3, 0.4) is 0 Å². The summed E-state index contributed by atoms with van der Waals surface area (Å²) in [6.45, 7) is 2.17. The van der Waals surface area contributed by atoms with Crippen molar-refractivity contribution < 1.29 is 19.5 Å². The number of hydrogen-bond acceptors (Lipinski definition) is 3. The SMILES string of the molecule is CCC(NC(=O)CN1CCCCCC1=O)(C(=O)O)c1ccccc1. The molecule has 6 nitrogen and oxygen atoms in total. The minimum atomic E-state index is -1.48. The fourth-order valence-electron chi connectivity index (χ4n) is 3.07. The van der Waals surface area contributed by atoms with Crippen LogP contribution in [0.4, 0.5) is 0 Å². The predicted molar refractivity (Wildman–Crippen MR) is 89.2 cm³/mol. The summed E-state index contributed by atoms with van der Waals surface area (Å²) in [7, 11) is 0. The number of nitrogens with zero attached hydrogens (tertiary/aromatic N) is 1. The van der Waals surface area contributed by atoms with Gasteiger partial charge in [0.15, 0.2) is 5.54 Å². The summed E-state index contributed by atoms with van der Waals surface area (Å²) in [6.07, 6.45) is 3.35. The molecule has 24 heavy (non-hydrogen) atoms. The Morgan fingerprint density at radius 3 is 2.54 bits per heavy atom. The number of aliphatic carboxylic acids is 1. The second kappa shape index (κ2) is 7.95. The third-order valence-corrected chi connectivity index (χ3v) is 4.52. The van der Waals surface area contributed by atoms with Gasteiger partial charge in [-0.05, 0) is 24.8 Å². The highest BCUT2D eigenvalue weighted by Crippen LogP contribution is 2.25. The molecule has 0 aromatic heterocycles. The van der Waals surface area contributed by atoms with E-state index in [0.29, 0.717) is 18.5 Å². The van der Waals surface area contributed by atoms with E-state index in [9.17, 15) is 19.5 Å². The van der Waals surface area contributed by atoms with Gasteiger partial charge in [-0.1, -0.05) is 43.7 Å². The number of carbonyl (C=O) groups is 3. The van der Waals surface area contributed by atoms with E-state index in [-0.39, 0.29) is 18.9 Å². The summed E-state index contributed by atoms with van der Waals surface area (Å²) >= 11 is 0. The number of rotatable bonds is 6. The molecule has 1 unspecified atom stereocenters. The van der Waals surface area contributed by atoms with Crippen LogP contribution < -0.4 is 5.32 Å². The monoisotopic (exact) mass is 332 g/mol. The summed E-state index contributed by atoms with van der Waals surface area (Å²) in [5, 5.41) is 12.4. The molecule has 0 radical (unpaired) electrons. The Kier molecular flexibility index (Phi) is 5.95. The number of carbonyl (C=O) groups excluding carboxylic acids is 2. The number of nitrogens with one attached hydrogen (secondary N) is 1. The first-order chi connectivity index (χ1) is 11.5. The lowest BCUT2D eigenvalue weighted by Gasteiger charge is -2.31. The van der Waals surface area contributed by atoms with Crippen molar-refractivity contribution >= 4 is 17.8 Å². The molecule has 2 amide bonds. The van der Waals surface area contributed by atoms with Gasteiger partial charge in [0.05, 0.1) is 6.54 Å². The molecule has 1 atom stereocenters. The Bertz CT molecular complexity index is 602. The molecule has 1 heterocycles.